The molecule has 110 valence electrons. The van der Waals surface area contributed by atoms with Crippen LogP contribution < -0.4 is 14.8 Å². The third-order valence-corrected chi connectivity index (χ3v) is 3.75. The summed E-state index contributed by atoms with van der Waals surface area (Å²) in [5, 5.41) is 13.5. The fraction of sp³-hybridized carbons (Fsp3) is 0.250. The van der Waals surface area contributed by atoms with Crippen LogP contribution in [0, 0.1) is 0 Å². The van der Waals surface area contributed by atoms with Crippen molar-refractivity contribution >= 4 is 11.6 Å². The first-order valence-corrected chi connectivity index (χ1v) is 7.11. The Morgan fingerprint density at radius 1 is 1.29 bits per heavy atom. The van der Waals surface area contributed by atoms with Crippen molar-refractivity contribution in [1.82, 2.24) is 5.32 Å². The van der Waals surface area contributed by atoms with Gasteiger partial charge < -0.3 is 19.9 Å². The van der Waals surface area contributed by atoms with E-state index < -0.39 is 0 Å². The average Bonchev–Trinajstić information content (AvgIpc) is 2.93. The summed E-state index contributed by atoms with van der Waals surface area (Å²) in [4.78, 5) is 0. The molecule has 0 aromatic heterocycles. The van der Waals surface area contributed by atoms with Crippen molar-refractivity contribution in [2.45, 2.75) is 19.5 Å². The van der Waals surface area contributed by atoms with Crippen LogP contribution in [0.25, 0.3) is 0 Å². The summed E-state index contributed by atoms with van der Waals surface area (Å²) in [5.41, 5.74) is 2.05. The molecule has 2 aromatic rings. The number of aromatic hydroxyl groups is 1. The minimum absolute atomic E-state index is 0.112. The van der Waals surface area contributed by atoms with Crippen molar-refractivity contribution in [3.63, 3.8) is 0 Å². The van der Waals surface area contributed by atoms with Gasteiger partial charge in [0.05, 0.1) is 5.02 Å². The number of benzene rings is 2. The van der Waals surface area contributed by atoms with Crippen LogP contribution in [0.2, 0.25) is 5.02 Å². The van der Waals surface area contributed by atoms with Gasteiger partial charge in [-0.2, -0.15) is 0 Å². The van der Waals surface area contributed by atoms with Crippen molar-refractivity contribution in [3.8, 4) is 17.2 Å². The van der Waals surface area contributed by atoms with Gasteiger partial charge in [0, 0.05) is 12.6 Å². The van der Waals surface area contributed by atoms with Gasteiger partial charge in [-0.1, -0.05) is 23.7 Å². The molecular weight excluding hydrogens is 290 g/mol. The van der Waals surface area contributed by atoms with Crippen LogP contribution >= 0.6 is 11.6 Å². The Labute approximate surface area is 128 Å². The molecule has 1 atom stereocenters. The highest BCUT2D eigenvalue weighted by atomic mass is 35.5. The zero-order valence-electron chi connectivity index (χ0n) is 11.6. The van der Waals surface area contributed by atoms with E-state index in [9.17, 15) is 5.11 Å². The smallest absolute Gasteiger partial charge is 0.231 e. The number of nitrogens with one attached hydrogen (secondary N) is 1. The molecule has 3 rings (SSSR count). The van der Waals surface area contributed by atoms with Crippen LogP contribution in [0.15, 0.2) is 36.4 Å². The third-order valence-electron chi connectivity index (χ3n) is 3.47. The van der Waals surface area contributed by atoms with Gasteiger partial charge in [0.15, 0.2) is 11.5 Å². The van der Waals surface area contributed by atoms with Crippen molar-refractivity contribution < 1.29 is 14.6 Å². The van der Waals surface area contributed by atoms with Gasteiger partial charge in [0.1, 0.15) is 5.75 Å². The first kappa shape index (κ1) is 14.0. The van der Waals surface area contributed by atoms with Crippen molar-refractivity contribution in [2.75, 3.05) is 6.79 Å². The van der Waals surface area contributed by atoms with E-state index in [2.05, 4.69) is 5.32 Å². The zero-order chi connectivity index (χ0) is 14.8. The molecule has 0 fully saturated rings. The molecule has 0 radical (unpaired) electrons. The standard InChI is InChI=1S/C16H16ClNO3/c1-10(12-3-2-4-13(19)7-12)18-8-11-5-14(17)16-15(6-11)20-9-21-16/h2-7,10,18-19H,8-9H2,1H3. The largest absolute Gasteiger partial charge is 0.508 e. The maximum Gasteiger partial charge on any atom is 0.231 e. The van der Waals surface area contributed by atoms with E-state index in [1.807, 2.05) is 31.2 Å². The predicted octanol–water partition coefficient (Wildman–Crippen LogP) is 3.63. The van der Waals surface area contributed by atoms with E-state index in [-0.39, 0.29) is 18.6 Å². The average molecular weight is 306 g/mol. The zero-order valence-corrected chi connectivity index (χ0v) is 12.4. The molecule has 1 heterocycles. The lowest BCUT2D eigenvalue weighted by Crippen LogP contribution is -2.18. The van der Waals surface area contributed by atoms with E-state index in [1.165, 1.54) is 0 Å². The lowest BCUT2D eigenvalue weighted by atomic mass is 10.1. The minimum atomic E-state index is 0.112. The molecule has 0 bridgehead atoms. The van der Waals surface area contributed by atoms with E-state index in [0.717, 1.165) is 11.1 Å². The number of ether oxygens (including phenoxy) is 2. The van der Waals surface area contributed by atoms with Crippen molar-refractivity contribution in [3.05, 3.63) is 52.5 Å². The number of halogens is 1. The van der Waals surface area contributed by atoms with Crippen molar-refractivity contribution in [1.29, 1.82) is 0 Å². The molecule has 2 aromatic carbocycles. The molecular formula is C16H16ClNO3. The molecule has 5 heteroatoms. The first-order valence-electron chi connectivity index (χ1n) is 6.74. The van der Waals surface area contributed by atoms with Gasteiger partial charge >= 0.3 is 0 Å². The number of phenolic OH excluding ortho intramolecular Hbond substituents is 1. The number of rotatable bonds is 4. The summed E-state index contributed by atoms with van der Waals surface area (Å²) in [6, 6.07) is 11.1. The van der Waals surface area contributed by atoms with Gasteiger partial charge in [-0.3, -0.25) is 0 Å². The highest BCUT2D eigenvalue weighted by Crippen LogP contribution is 2.39. The summed E-state index contributed by atoms with van der Waals surface area (Å²) in [7, 11) is 0. The maximum atomic E-state index is 9.51. The lowest BCUT2D eigenvalue weighted by Gasteiger charge is -2.15. The predicted molar refractivity (Wildman–Crippen MR) is 80.9 cm³/mol. The second kappa shape index (κ2) is 5.84. The molecule has 0 saturated heterocycles. The van der Waals surface area contributed by atoms with Gasteiger partial charge in [-0.15, -0.1) is 0 Å². The Kier molecular flexibility index (Phi) is 3.90. The van der Waals surface area contributed by atoms with Crippen LogP contribution in [-0.4, -0.2) is 11.9 Å². The highest BCUT2D eigenvalue weighted by Gasteiger charge is 2.18. The molecule has 21 heavy (non-hydrogen) atoms. The quantitative estimate of drug-likeness (QED) is 0.906. The van der Waals surface area contributed by atoms with Crippen LogP contribution in [0.5, 0.6) is 17.2 Å². The molecule has 1 aliphatic heterocycles. The Bertz CT molecular complexity index is 660. The number of fused-ring (bicyclic) bond motifs is 1. The third kappa shape index (κ3) is 3.06. The molecule has 0 amide bonds. The van der Waals surface area contributed by atoms with E-state index in [1.54, 1.807) is 12.1 Å². The summed E-state index contributed by atoms with van der Waals surface area (Å²) < 4.78 is 10.6. The van der Waals surface area contributed by atoms with Gasteiger partial charge in [0.25, 0.3) is 0 Å². The van der Waals surface area contributed by atoms with Gasteiger partial charge in [-0.25, -0.2) is 0 Å². The van der Waals surface area contributed by atoms with E-state index in [4.69, 9.17) is 21.1 Å². The molecule has 0 spiro atoms. The topological polar surface area (TPSA) is 50.7 Å². The van der Waals surface area contributed by atoms with Crippen LogP contribution in [0.4, 0.5) is 0 Å². The molecule has 4 nitrogen and oxygen atoms in total. The van der Waals surface area contributed by atoms with Gasteiger partial charge in [-0.05, 0) is 42.3 Å². The van der Waals surface area contributed by atoms with Crippen LogP contribution in [-0.2, 0) is 6.54 Å². The Balaban J connectivity index is 1.69. The second-order valence-electron chi connectivity index (χ2n) is 5.01. The Hall–Kier alpha value is -1.91. The van der Waals surface area contributed by atoms with E-state index >= 15 is 0 Å². The number of phenols is 1. The second-order valence-corrected chi connectivity index (χ2v) is 5.42. The molecule has 0 saturated carbocycles. The summed E-state index contributed by atoms with van der Waals surface area (Å²) in [5.74, 6) is 1.57. The number of hydrogen-bond donors (Lipinski definition) is 2. The van der Waals surface area contributed by atoms with Crippen LogP contribution in [0.1, 0.15) is 24.1 Å². The Morgan fingerprint density at radius 2 is 2.14 bits per heavy atom. The van der Waals surface area contributed by atoms with Crippen LogP contribution in [0.3, 0.4) is 0 Å². The Morgan fingerprint density at radius 3 is 2.95 bits per heavy atom. The minimum Gasteiger partial charge on any atom is -0.508 e. The summed E-state index contributed by atoms with van der Waals surface area (Å²) >= 11 is 6.16. The lowest BCUT2D eigenvalue weighted by molar-refractivity contribution is 0.174. The van der Waals surface area contributed by atoms with E-state index in [0.29, 0.717) is 23.1 Å². The van der Waals surface area contributed by atoms with Gasteiger partial charge in [0.2, 0.25) is 6.79 Å². The molecule has 1 aliphatic rings. The summed E-state index contributed by atoms with van der Waals surface area (Å²) in [6.45, 7) is 2.90. The fourth-order valence-corrected chi connectivity index (χ4v) is 2.59. The molecule has 2 N–H and O–H groups in total. The summed E-state index contributed by atoms with van der Waals surface area (Å²) in [6.07, 6.45) is 0. The van der Waals surface area contributed by atoms with Crippen molar-refractivity contribution in [2.24, 2.45) is 0 Å². The number of hydrogen-bond acceptors (Lipinski definition) is 4. The first-order chi connectivity index (χ1) is 10.1. The maximum absolute atomic E-state index is 9.51. The highest BCUT2D eigenvalue weighted by molar-refractivity contribution is 6.32. The normalized spacial score (nSPS) is 14.2. The molecule has 1 unspecified atom stereocenters. The monoisotopic (exact) mass is 305 g/mol. The molecule has 0 aliphatic carbocycles. The fourth-order valence-electron chi connectivity index (χ4n) is 2.31. The SMILES string of the molecule is CC(NCc1cc(Cl)c2c(c1)OCO2)c1cccc(O)c1.